The first-order valence-corrected chi connectivity index (χ1v) is 7.15. The number of hydrogen-bond acceptors (Lipinski definition) is 3. The van der Waals surface area contributed by atoms with E-state index >= 15 is 0 Å². The predicted molar refractivity (Wildman–Crippen MR) is 82.9 cm³/mol. The van der Waals surface area contributed by atoms with Gasteiger partial charge in [0.15, 0.2) is 5.78 Å². The summed E-state index contributed by atoms with van der Waals surface area (Å²) in [4.78, 5) is 12.3. The average molecular weight is 280 g/mol. The molecule has 1 N–H and O–H groups in total. The van der Waals surface area contributed by atoms with E-state index in [0.717, 1.165) is 34.1 Å². The number of rotatable bonds is 3. The molecule has 21 heavy (non-hydrogen) atoms. The molecule has 0 aromatic heterocycles. The lowest BCUT2D eigenvalue weighted by molar-refractivity contribution is 0.0993. The number of carbonyl (C=O) groups is 1. The maximum absolute atomic E-state index is 12.3. The van der Waals surface area contributed by atoms with Crippen molar-refractivity contribution in [2.75, 3.05) is 6.61 Å². The van der Waals surface area contributed by atoms with E-state index in [-0.39, 0.29) is 5.78 Å². The van der Waals surface area contributed by atoms with Crippen LogP contribution in [0.25, 0.3) is 0 Å². The van der Waals surface area contributed by atoms with Crippen LogP contribution in [0.2, 0.25) is 0 Å². The normalized spacial score (nSPS) is 13.9. The van der Waals surface area contributed by atoms with Crippen LogP contribution in [0.5, 0.6) is 0 Å². The van der Waals surface area contributed by atoms with Crippen LogP contribution in [0.15, 0.2) is 42.5 Å². The molecule has 0 radical (unpaired) electrons. The van der Waals surface area contributed by atoms with E-state index in [4.69, 9.17) is 4.65 Å². The Morgan fingerprint density at radius 3 is 2.95 bits per heavy atom. The Hall–Kier alpha value is -1.91. The Bertz CT molecular complexity index is 681. The van der Waals surface area contributed by atoms with Crippen LogP contribution >= 0.6 is 0 Å². The van der Waals surface area contributed by atoms with E-state index in [1.54, 1.807) is 0 Å². The number of benzene rings is 2. The Kier molecular flexibility index (Phi) is 3.91. The number of aryl methyl sites for hydroxylation is 1. The second kappa shape index (κ2) is 5.84. The van der Waals surface area contributed by atoms with E-state index in [1.807, 2.05) is 49.4 Å². The van der Waals surface area contributed by atoms with Crippen molar-refractivity contribution < 1.29 is 14.5 Å². The third kappa shape index (κ3) is 3.07. The van der Waals surface area contributed by atoms with Gasteiger partial charge in [0.05, 0.1) is 0 Å². The first-order chi connectivity index (χ1) is 10.1. The summed E-state index contributed by atoms with van der Waals surface area (Å²) < 4.78 is 5.24. The van der Waals surface area contributed by atoms with Crippen molar-refractivity contribution in [3.8, 4) is 0 Å². The van der Waals surface area contributed by atoms with Crippen LogP contribution in [0.4, 0.5) is 0 Å². The molecule has 0 amide bonds. The number of ketones is 1. The molecule has 0 aliphatic carbocycles. The smallest absolute Gasteiger partial charge is 0.423 e. The van der Waals surface area contributed by atoms with Crippen molar-refractivity contribution in [3.63, 3.8) is 0 Å². The van der Waals surface area contributed by atoms with Crippen molar-refractivity contribution in [1.82, 2.24) is 0 Å². The summed E-state index contributed by atoms with van der Waals surface area (Å²) in [7, 11) is -0.872. The Labute approximate surface area is 124 Å². The van der Waals surface area contributed by atoms with Crippen LogP contribution in [0.3, 0.4) is 0 Å². The zero-order chi connectivity index (χ0) is 14.8. The highest BCUT2D eigenvalue weighted by Gasteiger charge is 2.25. The summed E-state index contributed by atoms with van der Waals surface area (Å²) >= 11 is 0. The Morgan fingerprint density at radius 2 is 2.14 bits per heavy atom. The standard InChI is InChI=1S/C17H17BO3/c1-12-3-2-4-15(9-12)17(19)11-13-5-6-14-7-8-21-18(20)16(14)10-13/h2-6,9-10,20H,7-8,11H2,1H3. The molecule has 0 bridgehead atoms. The molecule has 0 saturated heterocycles. The van der Waals surface area contributed by atoms with E-state index in [0.29, 0.717) is 13.0 Å². The highest BCUT2D eigenvalue weighted by molar-refractivity contribution is 6.60. The lowest BCUT2D eigenvalue weighted by atomic mass is 9.73. The summed E-state index contributed by atoms with van der Waals surface area (Å²) in [6, 6.07) is 13.4. The minimum absolute atomic E-state index is 0.0878. The van der Waals surface area contributed by atoms with Crippen molar-refractivity contribution in [2.24, 2.45) is 0 Å². The minimum Gasteiger partial charge on any atom is -0.423 e. The monoisotopic (exact) mass is 280 g/mol. The molecule has 3 rings (SSSR count). The molecule has 4 heteroatoms. The van der Waals surface area contributed by atoms with Crippen LogP contribution in [0, 0.1) is 6.92 Å². The van der Waals surface area contributed by atoms with Crippen molar-refractivity contribution >= 4 is 18.4 Å². The molecule has 0 spiro atoms. The minimum atomic E-state index is -0.872. The van der Waals surface area contributed by atoms with Gasteiger partial charge < -0.3 is 9.68 Å². The first kappa shape index (κ1) is 14.0. The molecule has 2 aromatic carbocycles. The molecule has 1 aliphatic rings. The fourth-order valence-corrected chi connectivity index (χ4v) is 2.69. The second-order valence-corrected chi connectivity index (χ2v) is 5.48. The highest BCUT2D eigenvalue weighted by Crippen LogP contribution is 2.13. The number of fused-ring (bicyclic) bond motifs is 1. The third-order valence-electron chi connectivity index (χ3n) is 3.83. The highest BCUT2D eigenvalue weighted by atomic mass is 16.5. The summed E-state index contributed by atoms with van der Waals surface area (Å²) in [6.07, 6.45) is 1.14. The van der Waals surface area contributed by atoms with Crippen LogP contribution in [-0.2, 0) is 17.5 Å². The van der Waals surface area contributed by atoms with Gasteiger partial charge in [0.25, 0.3) is 0 Å². The van der Waals surface area contributed by atoms with Crippen LogP contribution in [0.1, 0.15) is 27.0 Å². The predicted octanol–water partition coefficient (Wildman–Crippen LogP) is 1.68. The number of hydrogen-bond donors (Lipinski definition) is 1. The van der Waals surface area contributed by atoms with Gasteiger partial charge in [-0.15, -0.1) is 0 Å². The van der Waals surface area contributed by atoms with E-state index in [1.165, 1.54) is 0 Å². The molecule has 2 aromatic rings. The van der Waals surface area contributed by atoms with Gasteiger partial charge in [-0.3, -0.25) is 4.79 Å². The molecule has 0 unspecified atom stereocenters. The van der Waals surface area contributed by atoms with Gasteiger partial charge in [-0.1, -0.05) is 42.0 Å². The zero-order valence-electron chi connectivity index (χ0n) is 12.0. The van der Waals surface area contributed by atoms with Gasteiger partial charge in [-0.2, -0.15) is 0 Å². The number of carbonyl (C=O) groups excluding carboxylic acids is 1. The maximum atomic E-state index is 12.3. The lowest BCUT2D eigenvalue weighted by Crippen LogP contribution is -2.41. The fraction of sp³-hybridized carbons (Fsp3) is 0.235. The molecule has 1 heterocycles. The van der Waals surface area contributed by atoms with Gasteiger partial charge in [0.2, 0.25) is 0 Å². The molecular weight excluding hydrogens is 263 g/mol. The summed E-state index contributed by atoms with van der Waals surface area (Å²) in [5.74, 6) is 0.0878. The quantitative estimate of drug-likeness (QED) is 0.687. The molecule has 0 fully saturated rings. The van der Waals surface area contributed by atoms with Crippen molar-refractivity contribution in [3.05, 3.63) is 64.7 Å². The molecule has 1 aliphatic heterocycles. The van der Waals surface area contributed by atoms with Gasteiger partial charge in [0, 0.05) is 18.6 Å². The van der Waals surface area contributed by atoms with E-state index < -0.39 is 7.12 Å². The Balaban J connectivity index is 1.82. The van der Waals surface area contributed by atoms with Gasteiger partial charge >= 0.3 is 7.12 Å². The fourth-order valence-electron chi connectivity index (χ4n) is 2.69. The van der Waals surface area contributed by atoms with E-state index in [2.05, 4.69) is 0 Å². The second-order valence-electron chi connectivity index (χ2n) is 5.48. The molecule has 106 valence electrons. The van der Waals surface area contributed by atoms with Crippen molar-refractivity contribution in [1.29, 1.82) is 0 Å². The Morgan fingerprint density at radius 1 is 1.29 bits per heavy atom. The maximum Gasteiger partial charge on any atom is 0.491 e. The summed E-state index contributed by atoms with van der Waals surface area (Å²) in [5.41, 5.74) is 4.60. The van der Waals surface area contributed by atoms with Crippen LogP contribution in [-0.4, -0.2) is 24.5 Å². The van der Waals surface area contributed by atoms with Gasteiger partial charge in [-0.05, 0) is 36.0 Å². The zero-order valence-corrected chi connectivity index (χ0v) is 12.0. The topological polar surface area (TPSA) is 46.5 Å². The van der Waals surface area contributed by atoms with E-state index in [9.17, 15) is 9.82 Å². The average Bonchev–Trinajstić information content (AvgIpc) is 2.48. The van der Waals surface area contributed by atoms with Gasteiger partial charge in [0.1, 0.15) is 0 Å². The largest absolute Gasteiger partial charge is 0.491 e. The molecule has 0 saturated carbocycles. The van der Waals surface area contributed by atoms with Gasteiger partial charge in [-0.25, -0.2) is 0 Å². The lowest BCUT2D eigenvalue weighted by Gasteiger charge is -2.19. The van der Waals surface area contributed by atoms with Crippen LogP contribution < -0.4 is 5.46 Å². The SMILES string of the molecule is Cc1cccc(C(=O)Cc2ccc3c(c2)B(O)OCC3)c1. The third-order valence-corrected chi connectivity index (χ3v) is 3.83. The first-order valence-electron chi connectivity index (χ1n) is 7.15. The number of Topliss-reactive ketones (excluding diaryl/α,β-unsaturated/α-hetero) is 1. The molecular formula is C17H17BO3. The molecule has 3 nitrogen and oxygen atoms in total. The summed E-state index contributed by atoms with van der Waals surface area (Å²) in [5, 5.41) is 9.87. The van der Waals surface area contributed by atoms with Crippen molar-refractivity contribution in [2.45, 2.75) is 19.8 Å². The summed E-state index contributed by atoms with van der Waals surface area (Å²) in [6.45, 7) is 2.51. The molecule has 0 atom stereocenters.